The first-order valence-corrected chi connectivity index (χ1v) is 29.4. The molecule has 0 rings (SSSR count). The number of aliphatic hydroxyl groups is 1. The van der Waals surface area contributed by atoms with E-state index in [4.69, 9.17) is 9.05 Å². The Labute approximate surface area is 431 Å². The van der Waals surface area contributed by atoms with Crippen LogP contribution in [0.25, 0.3) is 0 Å². The van der Waals surface area contributed by atoms with E-state index in [1.807, 2.05) is 27.2 Å². The lowest BCUT2D eigenvalue weighted by atomic mass is 10.1. The Morgan fingerprint density at radius 2 is 0.886 bits per heavy atom. The standard InChI is InChI=1S/C61H105N2O6P/c1-6-8-10-12-14-16-18-20-22-23-24-25-26-27-28-29-30-31-32-33-34-35-36-37-38-39-41-43-45-47-49-51-53-55-61(65)62-59(58-69-70(66,67)68-57-56-63(3,4)5)60(64)54-52-50-48-46-44-42-40-21-19-17-15-13-11-9-7-2/h8,10,14,16,20,22,24-25,27-28,30-31,33-34,36-37,44,46,52,54,59-60,64H,6-7,9,11-13,15,17-19,21,23,26,29,32,35,38-43,45,47-51,53,55-58H2,1-5H3,(H-,62,65,66,67)/b10-8-,16-14-,22-20-,25-24-,28-27-,31-30-,34-33-,37-36-,46-44+,54-52+. The van der Waals surface area contributed by atoms with Crippen LogP contribution in [0.1, 0.15) is 206 Å². The van der Waals surface area contributed by atoms with E-state index in [0.717, 1.165) is 103 Å². The van der Waals surface area contributed by atoms with Crippen LogP contribution in [0.5, 0.6) is 0 Å². The Kier molecular flexibility index (Phi) is 48.6. The van der Waals surface area contributed by atoms with Gasteiger partial charge in [-0.05, 0) is 96.3 Å². The van der Waals surface area contributed by atoms with Crippen LogP contribution in [0.3, 0.4) is 0 Å². The van der Waals surface area contributed by atoms with Gasteiger partial charge in [-0.2, -0.15) is 0 Å². The van der Waals surface area contributed by atoms with Gasteiger partial charge in [0.05, 0.1) is 39.9 Å². The number of allylic oxidation sites excluding steroid dienone is 19. The van der Waals surface area contributed by atoms with E-state index < -0.39 is 26.6 Å². The fourth-order valence-electron chi connectivity index (χ4n) is 7.30. The van der Waals surface area contributed by atoms with Gasteiger partial charge in [-0.15, -0.1) is 0 Å². The van der Waals surface area contributed by atoms with Crippen molar-refractivity contribution in [2.75, 3.05) is 40.9 Å². The van der Waals surface area contributed by atoms with Gasteiger partial charge in [0, 0.05) is 6.42 Å². The topological polar surface area (TPSA) is 108 Å². The zero-order chi connectivity index (χ0) is 51.3. The van der Waals surface area contributed by atoms with Gasteiger partial charge in [-0.1, -0.05) is 225 Å². The molecule has 3 unspecified atom stereocenters. The van der Waals surface area contributed by atoms with Gasteiger partial charge in [-0.25, -0.2) is 0 Å². The second-order valence-electron chi connectivity index (χ2n) is 19.5. The zero-order valence-electron chi connectivity index (χ0n) is 45.4. The highest BCUT2D eigenvalue weighted by Crippen LogP contribution is 2.38. The number of nitrogens with one attached hydrogen (secondary N) is 1. The average Bonchev–Trinajstić information content (AvgIpc) is 3.32. The van der Waals surface area contributed by atoms with Crippen LogP contribution in [0, 0.1) is 0 Å². The summed E-state index contributed by atoms with van der Waals surface area (Å²) in [6.07, 6.45) is 75.5. The van der Waals surface area contributed by atoms with Gasteiger partial charge >= 0.3 is 0 Å². The van der Waals surface area contributed by atoms with Gasteiger partial charge in [0.25, 0.3) is 7.82 Å². The molecule has 400 valence electrons. The monoisotopic (exact) mass is 993 g/mol. The third-order valence-electron chi connectivity index (χ3n) is 11.7. The van der Waals surface area contributed by atoms with Crippen LogP contribution in [0.4, 0.5) is 0 Å². The number of hydrogen-bond acceptors (Lipinski definition) is 6. The zero-order valence-corrected chi connectivity index (χ0v) is 46.3. The Morgan fingerprint density at radius 1 is 0.514 bits per heavy atom. The maximum Gasteiger partial charge on any atom is 0.268 e. The number of carbonyl (C=O) groups excluding carboxylic acids is 1. The predicted molar refractivity (Wildman–Crippen MR) is 302 cm³/mol. The summed E-state index contributed by atoms with van der Waals surface area (Å²) in [6.45, 7) is 4.48. The second kappa shape index (κ2) is 50.8. The number of phosphoric ester groups is 1. The first-order chi connectivity index (χ1) is 34.0. The number of hydrogen-bond donors (Lipinski definition) is 2. The van der Waals surface area contributed by atoms with E-state index in [2.05, 4.69) is 129 Å². The molecule has 0 fully saturated rings. The van der Waals surface area contributed by atoms with E-state index in [1.54, 1.807) is 6.08 Å². The van der Waals surface area contributed by atoms with Crippen molar-refractivity contribution in [3.05, 3.63) is 122 Å². The Bertz CT molecular complexity index is 1550. The van der Waals surface area contributed by atoms with E-state index in [0.29, 0.717) is 17.4 Å². The fourth-order valence-corrected chi connectivity index (χ4v) is 8.02. The fraction of sp³-hybridized carbons (Fsp3) is 0.656. The molecule has 3 atom stereocenters. The number of amides is 1. The van der Waals surface area contributed by atoms with Crippen LogP contribution in [-0.4, -0.2) is 68.5 Å². The summed E-state index contributed by atoms with van der Waals surface area (Å²) in [5, 5.41) is 13.8. The summed E-state index contributed by atoms with van der Waals surface area (Å²) in [6, 6.07) is -0.916. The van der Waals surface area contributed by atoms with E-state index in [1.165, 1.54) is 83.5 Å². The number of aliphatic hydroxyl groups excluding tert-OH is 1. The molecule has 0 aliphatic heterocycles. The molecule has 0 heterocycles. The molecule has 0 aliphatic rings. The molecule has 0 radical (unpaired) electrons. The van der Waals surface area contributed by atoms with Crippen LogP contribution >= 0.6 is 7.82 Å². The molecule has 0 spiro atoms. The maximum absolute atomic E-state index is 12.9. The van der Waals surface area contributed by atoms with Crippen molar-refractivity contribution in [2.24, 2.45) is 0 Å². The summed E-state index contributed by atoms with van der Waals surface area (Å²) in [7, 11) is 1.22. The average molecular weight is 993 g/mol. The molecular formula is C61H105N2O6P. The summed E-state index contributed by atoms with van der Waals surface area (Å²) in [4.78, 5) is 25.4. The number of nitrogens with zero attached hydrogens (tertiary/aromatic N) is 1. The lowest BCUT2D eigenvalue weighted by Gasteiger charge is -2.29. The van der Waals surface area contributed by atoms with Crippen LogP contribution in [0.2, 0.25) is 0 Å². The first kappa shape index (κ1) is 66.9. The Morgan fingerprint density at radius 3 is 1.33 bits per heavy atom. The SMILES string of the molecule is CC/C=C\C/C=C\C/C=C\C/C=C\C/C=C\C/C=C\C/C=C\C/C=C\CCCCCCCCCCC(=O)NC(COP(=O)([O-])OCC[N+](C)(C)C)C(O)/C=C/CC/C=C/CCCCCCCCCCC. The largest absolute Gasteiger partial charge is 0.756 e. The third-order valence-corrected chi connectivity index (χ3v) is 12.6. The number of likely N-dealkylation sites (N-methyl/N-ethyl adjacent to an activating group) is 1. The molecule has 1 amide bonds. The van der Waals surface area contributed by atoms with Crippen molar-refractivity contribution >= 4 is 13.7 Å². The molecule has 0 saturated carbocycles. The highest BCUT2D eigenvalue weighted by atomic mass is 31.2. The van der Waals surface area contributed by atoms with Gasteiger partial charge in [0.2, 0.25) is 5.91 Å². The van der Waals surface area contributed by atoms with Gasteiger partial charge in [0.15, 0.2) is 0 Å². The summed E-state index contributed by atoms with van der Waals surface area (Å²) in [5.74, 6) is -0.222. The molecular weight excluding hydrogens is 888 g/mol. The highest BCUT2D eigenvalue weighted by molar-refractivity contribution is 7.45. The normalized spacial score (nSPS) is 14.9. The van der Waals surface area contributed by atoms with Crippen LogP contribution < -0.4 is 10.2 Å². The summed E-state index contributed by atoms with van der Waals surface area (Å²) >= 11 is 0. The predicted octanol–water partition coefficient (Wildman–Crippen LogP) is 16.3. The molecule has 9 heteroatoms. The molecule has 0 saturated heterocycles. The minimum atomic E-state index is -4.61. The van der Waals surface area contributed by atoms with Crippen molar-refractivity contribution in [1.82, 2.24) is 5.32 Å². The van der Waals surface area contributed by atoms with E-state index in [9.17, 15) is 19.4 Å². The number of quaternary nitrogens is 1. The quantitative estimate of drug-likeness (QED) is 0.0272. The van der Waals surface area contributed by atoms with E-state index in [-0.39, 0.29) is 12.5 Å². The molecule has 70 heavy (non-hydrogen) atoms. The number of phosphoric acid groups is 1. The number of carbonyl (C=O) groups is 1. The first-order valence-electron chi connectivity index (χ1n) is 27.9. The molecule has 0 aromatic rings. The number of rotatable bonds is 49. The lowest BCUT2D eigenvalue weighted by molar-refractivity contribution is -0.870. The second-order valence-corrected chi connectivity index (χ2v) is 21.0. The summed E-state index contributed by atoms with van der Waals surface area (Å²) < 4.78 is 23.3. The molecule has 2 N–H and O–H groups in total. The van der Waals surface area contributed by atoms with Crippen molar-refractivity contribution in [3.63, 3.8) is 0 Å². The third kappa shape index (κ3) is 52.7. The minimum absolute atomic E-state index is 0.0144. The molecule has 8 nitrogen and oxygen atoms in total. The van der Waals surface area contributed by atoms with Crippen LogP contribution in [-0.2, 0) is 18.4 Å². The van der Waals surface area contributed by atoms with Crippen molar-refractivity contribution in [3.8, 4) is 0 Å². The van der Waals surface area contributed by atoms with Crippen molar-refractivity contribution < 1.29 is 32.9 Å². The molecule has 0 aliphatic carbocycles. The van der Waals surface area contributed by atoms with Gasteiger partial charge < -0.3 is 28.8 Å². The molecule has 0 aromatic carbocycles. The van der Waals surface area contributed by atoms with Crippen molar-refractivity contribution in [1.29, 1.82) is 0 Å². The van der Waals surface area contributed by atoms with Gasteiger partial charge in [-0.3, -0.25) is 9.36 Å². The Balaban J connectivity index is 4.25. The number of unbranched alkanes of at least 4 members (excludes halogenated alkanes) is 18. The summed E-state index contributed by atoms with van der Waals surface area (Å²) in [5.41, 5.74) is 0. The van der Waals surface area contributed by atoms with Crippen LogP contribution in [0.15, 0.2) is 122 Å². The Hall–Kier alpha value is -3.10. The minimum Gasteiger partial charge on any atom is -0.756 e. The maximum atomic E-state index is 12.9. The molecule has 0 bridgehead atoms. The highest BCUT2D eigenvalue weighted by Gasteiger charge is 2.23. The van der Waals surface area contributed by atoms with Crippen molar-refractivity contribution in [2.45, 2.75) is 219 Å². The molecule has 0 aromatic heterocycles. The smallest absolute Gasteiger partial charge is 0.268 e. The van der Waals surface area contributed by atoms with E-state index >= 15 is 0 Å². The van der Waals surface area contributed by atoms with Gasteiger partial charge in [0.1, 0.15) is 13.2 Å². The lowest BCUT2D eigenvalue weighted by Crippen LogP contribution is -2.45.